The number of thiazole rings is 1. The lowest BCUT2D eigenvalue weighted by atomic mass is 10.1. The monoisotopic (exact) mass is 413 g/mol. The Morgan fingerprint density at radius 1 is 1.34 bits per heavy atom. The van der Waals surface area contributed by atoms with Crippen molar-refractivity contribution in [3.05, 3.63) is 57.7 Å². The lowest BCUT2D eigenvalue weighted by molar-refractivity contribution is 0.0535. The van der Waals surface area contributed by atoms with E-state index in [1.807, 2.05) is 0 Å². The van der Waals surface area contributed by atoms with E-state index >= 15 is 0 Å². The van der Waals surface area contributed by atoms with Crippen molar-refractivity contribution in [2.45, 2.75) is 18.9 Å². The SMILES string of the molecule is CNC(=O)c1cc(OC2CCCN(C(=O)c3cnc4sccn4c3=O)C2)ccn1. The third-order valence-electron chi connectivity index (χ3n) is 4.73. The van der Waals surface area contributed by atoms with Crippen molar-refractivity contribution in [1.82, 2.24) is 24.6 Å². The molecule has 1 N–H and O–H groups in total. The molecule has 1 aliphatic heterocycles. The summed E-state index contributed by atoms with van der Waals surface area (Å²) in [6.45, 7) is 0.895. The van der Waals surface area contributed by atoms with Crippen LogP contribution >= 0.6 is 11.3 Å². The van der Waals surface area contributed by atoms with Crippen molar-refractivity contribution in [2.24, 2.45) is 0 Å². The molecule has 1 unspecified atom stereocenters. The van der Waals surface area contributed by atoms with Gasteiger partial charge >= 0.3 is 0 Å². The summed E-state index contributed by atoms with van der Waals surface area (Å²) in [6.07, 6.45) is 5.74. The molecule has 0 aromatic carbocycles. The van der Waals surface area contributed by atoms with E-state index in [0.717, 1.165) is 12.8 Å². The van der Waals surface area contributed by atoms with Gasteiger partial charge in [-0.25, -0.2) is 4.98 Å². The number of hydrogen-bond acceptors (Lipinski definition) is 7. The highest BCUT2D eigenvalue weighted by molar-refractivity contribution is 7.15. The second-order valence-electron chi connectivity index (χ2n) is 6.62. The molecule has 0 aliphatic carbocycles. The summed E-state index contributed by atoms with van der Waals surface area (Å²) in [4.78, 5) is 47.6. The van der Waals surface area contributed by atoms with E-state index in [2.05, 4.69) is 15.3 Å². The zero-order valence-corrected chi connectivity index (χ0v) is 16.5. The fourth-order valence-corrected chi connectivity index (χ4v) is 3.96. The predicted octanol–water partition coefficient (Wildman–Crippen LogP) is 1.19. The number of rotatable bonds is 4. The standard InChI is InChI=1S/C19H19N5O4S/c1-20-16(25)15-9-12(4-5-21-15)28-13-3-2-6-23(11-13)17(26)14-10-22-19-24(18(14)27)7-8-29-19/h4-5,7-10,13H,2-3,6,11H2,1H3,(H,20,25). The lowest BCUT2D eigenvalue weighted by Crippen LogP contribution is -2.46. The van der Waals surface area contributed by atoms with Crippen LogP contribution in [0.25, 0.3) is 4.96 Å². The summed E-state index contributed by atoms with van der Waals surface area (Å²) in [7, 11) is 1.53. The molecule has 1 saturated heterocycles. The maximum Gasteiger partial charge on any atom is 0.271 e. The average molecular weight is 413 g/mol. The number of carbonyl (C=O) groups excluding carboxylic acids is 2. The first kappa shape index (κ1) is 19.1. The summed E-state index contributed by atoms with van der Waals surface area (Å²) in [5.41, 5.74) is -0.0575. The normalized spacial score (nSPS) is 16.6. The van der Waals surface area contributed by atoms with Crippen LogP contribution in [0.5, 0.6) is 5.75 Å². The van der Waals surface area contributed by atoms with Crippen LogP contribution in [0.3, 0.4) is 0 Å². The molecule has 1 aliphatic rings. The Morgan fingerprint density at radius 3 is 3.03 bits per heavy atom. The smallest absolute Gasteiger partial charge is 0.271 e. The van der Waals surface area contributed by atoms with E-state index in [1.165, 1.54) is 35.2 Å². The molecule has 2 amide bonds. The van der Waals surface area contributed by atoms with Crippen LogP contribution < -0.4 is 15.6 Å². The van der Waals surface area contributed by atoms with Crippen molar-refractivity contribution in [2.75, 3.05) is 20.1 Å². The predicted molar refractivity (Wildman–Crippen MR) is 107 cm³/mol. The molecule has 0 saturated carbocycles. The Labute approximate surface area is 170 Å². The van der Waals surface area contributed by atoms with Crippen LogP contribution in [0.2, 0.25) is 0 Å². The minimum Gasteiger partial charge on any atom is -0.488 e. The number of pyridine rings is 1. The summed E-state index contributed by atoms with van der Waals surface area (Å²) < 4.78 is 7.37. The van der Waals surface area contributed by atoms with E-state index in [-0.39, 0.29) is 34.7 Å². The third-order valence-corrected chi connectivity index (χ3v) is 5.50. The van der Waals surface area contributed by atoms with E-state index in [0.29, 0.717) is 23.8 Å². The lowest BCUT2D eigenvalue weighted by Gasteiger charge is -2.32. The second-order valence-corrected chi connectivity index (χ2v) is 7.49. The molecule has 3 aromatic rings. The van der Waals surface area contributed by atoms with Gasteiger partial charge in [0.1, 0.15) is 23.1 Å². The summed E-state index contributed by atoms with van der Waals surface area (Å²) in [6, 6.07) is 3.24. The molecule has 1 atom stereocenters. The third kappa shape index (κ3) is 3.83. The number of aromatic nitrogens is 3. The quantitative estimate of drug-likeness (QED) is 0.689. The number of nitrogens with zero attached hydrogens (tertiary/aromatic N) is 4. The van der Waals surface area contributed by atoms with Crippen LogP contribution in [0.4, 0.5) is 0 Å². The van der Waals surface area contributed by atoms with Crippen LogP contribution in [0.15, 0.2) is 40.9 Å². The van der Waals surface area contributed by atoms with Crippen molar-refractivity contribution in [3.63, 3.8) is 0 Å². The minimum absolute atomic E-state index is 0.0485. The molecule has 3 aromatic heterocycles. The van der Waals surface area contributed by atoms with Gasteiger partial charge in [-0.1, -0.05) is 0 Å². The van der Waals surface area contributed by atoms with Gasteiger partial charge in [0.05, 0.1) is 6.54 Å². The van der Waals surface area contributed by atoms with Gasteiger partial charge < -0.3 is 15.0 Å². The number of likely N-dealkylation sites (tertiary alicyclic amines) is 1. The highest BCUT2D eigenvalue weighted by Crippen LogP contribution is 2.20. The molecular weight excluding hydrogens is 394 g/mol. The van der Waals surface area contributed by atoms with Gasteiger partial charge in [0.25, 0.3) is 17.4 Å². The van der Waals surface area contributed by atoms with E-state index in [1.54, 1.807) is 28.6 Å². The summed E-state index contributed by atoms with van der Waals surface area (Å²) >= 11 is 1.34. The number of amides is 2. The number of piperidine rings is 1. The van der Waals surface area contributed by atoms with Crippen LogP contribution in [-0.2, 0) is 0 Å². The molecule has 4 heterocycles. The van der Waals surface area contributed by atoms with E-state index < -0.39 is 0 Å². The Bertz CT molecular complexity index is 1120. The van der Waals surface area contributed by atoms with Crippen LogP contribution in [0, 0.1) is 0 Å². The Kier molecular flexibility index (Phi) is 5.26. The maximum atomic E-state index is 12.9. The fourth-order valence-electron chi connectivity index (χ4n) is 3.29. The number of hydrogen-bond donors (Lipinski definition) is 1. The zero-order chi connectivity index (χ0) is 20.4. The molecule has 0 spiro atoms. The highest BCUT2D eigenvalue weighted by atomic mass is 32.1. The molecule has 29 heavy (non-hydrogen) atoms. The van der Waals surface area contributed by atoms with Gasteiger partial charge in [-0.2, -0.15) is 0 Å². The van der Waals surface area contributed by atoms with Gasteiger partial charge in [-0.05, 0) is 18.9 Å². The summed E-state index contributed by atoms with van der Waals surface area (Å²) in [5, 5.41) is 4.28. The second kappa shape index (κ2) is 8.00. The summed E-state index contributed by atoms with van der Waals surface area (Å²) in [5.74, 6) is -0.135. The largest absolute Gasteiger partial charge is 0.488 e. The van der Waals surface area contributed by atoms with Gasteiger partial charge in [-0.3, -0.25) is 23.8 Å². The molecule has 150 valence electrons. The molecular formula is C19H19N5O4S. The Hall–Kier alpha value is -3.27. The first-order chi connectivity index (χ1) is 14.1. The van der Waals surface area contributed by atoms with E-state index in [9.17, 15) is 14.4 Å². The first-order valence-corrected chi connectivity index (χ1v) is 10.0. The van der Waals surface area contributed by atoms with Gasteiger partial charge in [0.2, 0.25) is 0 Å². The van der Waals surface area contributed by atoms with Crippen molar-refractivity contribution >= 4 is 28.1 Å². The fraction of sp³-hybridized carbons (Fsp3) is 0.316. The van der Waals surface area contributed by atoms with Crippen molar-refractivity contribution < 1.29 is 14.3 Å². The average Bonchev–Trinajstić information content (AvgIpc) is 3.23. The van der Waals surface area contributed by atoms with Crippen LogP contribution in [-0.4, -0.2) is 57.3 Å². The zero-order valence-electron chi connectivity index (χ0n) is 15.7. The molecule has 10 heteroatoms. The Balaban J connectivity index is 1.49. The van der Waals surface area contributed by atoms with Crippen molar-refractivity contribution in [1.29, 1.82) is 0 Å². The van der Waals surface area contributed by atoms with Gasteiger partial charge in [0, 0.05) is 43.6 Å². The minimum atomic E-state index is -0.367. The molecule has 0 bridgehead atoms. The molecule has 0 radical (unpaired) electrons. The number of nitrogens with one attached hydrogen (secondary N) is 1. The number of carbonyl (C=O) groups is 2. The van der Waals surface area contributed by atoms with Gasteiger partial charge in [-0.15, -0.1) is 11.3 Å². The molecule has 4 rings (SSSR count). The van der Waals surface area contributed by atoms with Gasteiger partial charge in [0.15, 0.2) is 4.96 Å². The highest BCUT2D eigenvalue weighted by Gasteiger charge is 2.28. The maximum absolute atomic E-state index is 12.9. The van der Waals surface area contributed by atoms with Crippen LogP contribution in [0.1, 0.15) is 33.7 Å². The molecule has 1 fully saturated rings. The Morgan fingerprint density at radius 2 is 2.21 bits per heavy atom. The number of ether oxygens (including phenoxy) is 1. The molecule has 9 nitrogen and oxygen atoms in total. The first-order valence-electron chi connectivity index (χ1n) is 9.15. The van der Waals surface area contributed by atoms with E-state index in [4.69, 9.17) is 4.74 Å². The topological polar surface area (TPSA) is 106 Å². The number of fused-ring (bicyclic) bond motifs is 1. The van der Waals surface area contributed by atoms with Crippen molar-refractivity contribution in [3.8, 4) is 5.75 Å².